The maximum Gasteiger partial charge on any atom is 0.326 e. The van der Waals surface area contributed by atoms with Gasteiger partial charge >= 0.3 is 5.69 Å². The smallest absolute Gasteiger partial charge is 0.326 e. The Kier molecular flexibility index (Phi) is 3.61. The third-order valence-corrected chi connectivity index (χ3v) is 3.11. The maximum absolute atomic E-state index is 11.8. The van der Waals surface area contributed by atoms with Crippen LogP contribution in [-0.2, 0) is 0 Å². The van der Waals surface area contributed by atoms with Crippen molar-refractivity contribution in [3.63, 3.8) is 0 Å². The number of amides is 1. The van der Waals surface area contributed by atoms with Crippen LogP contribution in [0, 0.1) is 0 Å². The molecule has 7 heteroatoms. The number of aromatic amines is 2. The monoisotopic (exact) mass is 252 g/mol. The molecule has 1 fully saturated rings. The van der Waals surface area contributed by atoms with E-state index < -0.39 is 17.2 Å². The fourth-order valence-corrected chi connectivity index (χ4v) is 2.12. The summed E-state index contributed by atoms with van der Waals surface area (Å²) in [6.45, 7) is 0. The van der Waals surface area contributed by atoms with Gasteiger partial charge in [-0.05, 0) is 25.7 Å². The molecule has 1 amide bonds. The van der Waals surface area contributed by atoms with Gasteiger partial charge in [-0.15, -0.1) is 0 Å². The summed E-state index contributed by atoms with van der Waals surface area (Å²) in [5.41, 5.74) is 4.49. The summed E-state index contributed by atoms with van der Waals surface area (Å²) in [5, 5.41) is 2.79. The highest BCUT2D eigenvalue weighted by atomic mass is 16.2. The molecule has 1 aliphatic rings. The van der Waals surface area contributed by atoms with Gasteiger partial charge in [-0.2, -0.15) is 0 Å². The Morgan fingerprint density at radius 1 is 1.22 bits per heavy atom. The van der Waals surface area contributed by atoms with Crippen LogP contribution >= 0.6 is 0 Å². The van der Waals surface area contributed by atoms with Crippen LogP contribution in [0.15, 0.2) is 15.7 Å². The molecule has 1 aliphatic carbocycles. The highest BCUT2D eigenvalue weighted by Gasteiger charge is 2.20. The van der Waals surface area contributed by atoms with Crippen molar-refractivity contribution in [2.75, 3.05) is 0 Å². The summed E-state index contributed by atoms with van der Waals surface area (Å²) in [6, 6.07) is 1.34. The Bertz CT molecular complexity index is 511. The van der Waals surface area contributed by atoms with E-state index >= 15 is 0 Å². The van der Waals surface area contributed by atoms with Crippen molar-refractivity contribution in [3.8, 4) is 0 Å². The number of rotatable bonds is 2. The standard InChI is InChI=1S/C11H16N4O3/c12-6-1-3-7(4-2-6)13-10(17)8-5-9(16)15-11(18)14-8/h5-7H,1-4,12H2,(H,13,17)(H2,14,15,16,18). The third kappa shape index (κ3) is 3.07. The van der Waals surface area contributed by atoms with E-state index in [0.717, 1.165) is 31.7 Å². The van der Waals surface area contributed by atoms with Gasteiger partial charge in [0.05, 0.1) is 0 Å². The van der Waals surface area contributed by atoms with Crippen molar-refractivity contribution < 1.29 is 4.79 Å². The number of hydrogen-bond acceptors (Lipinski definition) is 4. The molecular weight excluding hydrogens is 236 g/mol. The van der Waals surface area contributed by atoms with Crippen molar-refractivity contribution >= 4 is 5.91 Å². The molecule has 98 valence electrons. The van der Waals surface area contributed by atoms with E-state index in [0.29, 0.717) is 0 Å². The average Bonchev–Trinajstić information content (AvgIpc) is 2.31. The first-order valence-electron chi connectivity index (χ1n) is 5.94. The summed E-state index contributed by atoms with van der Waals surface area (Å²) < 4.78 is 0. The van der Waals surface area contributed by atoms with E-state index in [4.69, 9.17) is 5.73 Å². The molecule has 0 aromatic carbocycles. The van der Waals surface area contributed by atoms with E-state index in [9.17, 15) is 14.4 Å². The number of nitrogens with two attached hydrogens (primary N) is 1. The lowest BCUT2D eigenvalue weighted by molar-refractivity contribution is 0.0920. The Hall–Kier alpha value is -1.89. The molecular formula is C11H16N4O3. The van der Waals surface area contributed by atoms with Gasteiger partial charge in [0.15, 0.2) is 0 Å². The molecule has 2 rings (SSSR count). The Labute approximate surface area is 103 Å². The highest BCUT2D eigenvalue weighted by Crippen LogP contribution is 2.16. The van der Waals surface area contributed by atoms with Gasteiger partial charge < -0.3 is 16.0 Å². The molecule has 5 N–H and O–H groups in total. The molecule has 0 unspecified atom stereocenters. The fraction of sp³-hybridized carbons (Fsp3) is 0.545. The first-order chi connectivity index (χ1) is 8.54. The molecule has 0 spiro atoms. The van der Waals surface area contributed by atoms with Crippen LogP contribution in [0.4, 0.5) is 0 Å². The van der Waals surface area contributed by atoms with Gasteiger partial charge in [0.1, 0.15) is 5.69 Å². The van der Waals surface area contributed by atoms with Crippen molar-refractivity contribution in [2.24, 2.45) is 5.73 Å². The van der Waals surface area contributed by atoms with Crippen molar-refractivity contribution in [2.45, 2.75) is 37.8 Å². The third-order valence-electron chi connectivity index (χ3n) is 3.11. The summed E-state index contributed by atoms with van der Waals surface area (Å²) in [6.07, 6.45) is 3.38. The summed E-state index contributed by atoms with van der Waals surface area (Å²) >= 11 is 0. The summed E-state index contributed by atoms with van der Waals surface area (Å²) in [4.78, 5) is 38.3. The summed E-state index contributed by atoms with van der Waals surface area (Å²) in [5.74, 6) is -0.432. The largest absolute Gasteiger partial charge is 0.348 e. The molecule has 0 atom stereocenters. The number of carbonyl (C=O) groups excluding carboxylic acids is 1. The van der Waals surface area contributed by atoms with E-state index in [1.54, 1.807) is 0 Å². The highest BCUT2D eigenvalue weighted by molar-refractivity contribution is 5.92. The van der Waals surface area contributed by atoms with E-state index in [2.05, 4.69) is 10.3 Å². The fourth-order valence-electron chi connectivity index (χ4n) is 2.12. The molecule has 7 nitrogen and oxygen atoms in total. The van der Waals surface area contributed by atoms with Crippen LogP contribution < -0.4 is 22.3 Å². The zero-order valence-electron chi connectivity index (χ0n) is 9.86. The number of aromatic nitrogens is 2. The van der Waals surface area contributed by atoms with Gasteiger partial charge in [0.25, 0.3) is 11.5 Å². The molecule has 1 saturated carbocycles. The first-order valence-corrected chi connectivity index (χ1v) is 5.94. The molecule has 0 saturated heterocycles. The quantitative estimate of drug-likeness (QED) is 0.543. The van der Waals surface area contributed by atoms with Crippen LogP contribution in [0.1, 0.15) is 36.2 Å². The predicted molar refractivity (Wildman–Crippen MR) is 65.4 cm³/mol. The van der Waals surface area contributed by atoms with E-state index in [-0.39, 0.29) is 17.8 Å². The normalized spacial score (nSPS) is 23.6. The van der Waals surface area contributed by atoms with E-state index in [1.807, 2.05) is 4.98 Å². The van der Waals surface area contributed by atoms with Crippen LogP contribution in [0.25, 0.3) is 0 Å². The van der Waals surface area contributed by atoms with Crippen LogP contribution in [0.2, 0.25) is 0 Å². The second-order valence-electron chi connectivity index (χ2n) is 4.59. The minimum atomic E-state index is -0.682. The van der Waals surface area contributed by atoms with Crippen LogP contribution in [-0.4, -0.2) is 28.0 Å². The second-order valence-corrected chi connectivity index (χ2v) is 4.59. The van der Waals surface area contributed by atoms with Gasteiger partial charge in [-0.1, -0.05) is 0 Å². The molecule has 0 radical (unpaired) electrons. The lowest BCUT2D eigenvalue weighted by Gasteiger charge is -2.26. The SMILES string of the molecule is NC1CCC(NC(=O)c2cc(=O)[nH]c(=O)[nH]2)CC1. The van der Waals surface area contributed by atoms with Gasteiger partial charge in [0, 0.05) is 18.2 Å². The number of carbonyl (C=O) groups is 1. The number of hydrogen-bond donors (Lipinski definition) is 4. The minimum Gasteiger partial charge on any atom is -0.348 e. The Morgan fingerprint density at radius 3 is 2.50 bits per heavy atom. The lowest BCUT2D eigenvalue weighted by Crippen LogP contribution is -2.41. The van der Waals surface area contributed by atoms with Gasteiger partial charge in [0.2, 0.25) is 0 Å². The second kappa shape index (κ2) is 5.18. The van der Waals surface area contributed by atoms with Gasteiger partial charge in [-0.25, -0.2) is 4.79 Å². The van der Waals surface area contributed by atoms with Crippen LogP contribution in [0.3, 0.4) is 0 Å². The van der Waals surface area contributed by atoms with Crippen LogP contribution in [0.5, 0.6) is 0 Å². The maximum atomic E-state index is 11.8. The molecule has 18 heavy (non-hydrogen) atoms. The topological polar surface area (TPSA) is 121 Å². The molecule has 0 aliphatic heterocycles. The molecule has 1 aromatic rings. The number of H-pyrrole nitrogens is 2. The minimum absolute atomic E-state index is 0.0152. The van der Waals surface area contributed by atoms with Gasteiger partial charge in [-0.3, -0.25) is 14.6 Å². The van der Waals surface area contributed by atoms with Crippen molar-refractivity contribution in [1.29, 1.82) is 0 Å². The summed E-state index contributed by atoms with van der Waals surface area (Å²) in [7, 11) is 0. The Balaban J connectivity index is 2.03. The molecule has 1 aromatic heterocycles. The van der Waals surface area contributed by atoms with E-state index in [1.165, 1.54) is 0 Å². The van der Waals surface area contributed by atoms with Crippen molar-refractivity contribution in [3.05, 3.63) is 32.6 Å². The average molecular weight is 252 g/mol. The Morgan fingerprint density at radius 2 is 1.89 bits per heavy atom. The zero-order valence-corrected chi connectivity index (χ0v) is 9.86. The van der Waals surface area contributed by atoms with Crippen molar-refractivity contribution in [1.82, 2.24) is 15.3 Å². The zero-order chi connectivity index (χ0) is 13.1. The molecule has 1 heterocycles. The number of nitrogens with one attached hydrogen (secondary N) is 3. The lowest BCUT2D eigenvalue weighted by atomic mass is 9.92. The first kappa shape index (κ1) is 12.6. The predicted octanol–water partition coefficient (Wildman–Crippen LogP) is -0.937. The molecule has 0 bridgehead atoms.